The normalized spacial score (nSPS) is 12.0. The quantitative estimate of drug-likeness (QED) is 0.403. The predicted octanol–water partition coefficient (Wildman–Crippen LogP) is 4.71. The molecule has 0 fully saturated rings. The van der Waals surface area contributed by atoms with Crippen molar-refractivity contribution in [1.82, 2.24) is 10.2 Å². The number of halogens is 1. The molecule has 0 spiro atoms. The van der Waals surface area contributed by atoms with Gasteiger partial charge in [0.2, 0.25) is 11.8 Å². The van der Waals surface area contributed by atoms with Crippen LogP contribution in [0.5, 0.6) is 0 Å². The van der Waals surface area contributed by atoms with Crippen molar-refractivity contribution in [3.63, 3.8) is 0 Å². The third-order valence-corrected chi connectivity index (χ3v) is 8.22. The number of anilines is 1. The maximum Gasteiger partial charge on any atom is 0.264 e. The van der Waals surface area contributed by atoms with Gasteiger partial charge < -0.3 is 10.2 Å². The zero-order valence-corrected chi connectivity index (χ0v) is 23.0. The Kier molecular flexibility index (Phi) is 9.34. The molecule has 3 aromatic carbocycles. The molecule has 1 atom stereocenters. The van der Waals surface area contributed by atoms with Gasteiger partial charge in [-0.3, -0.25) is 13.9 Å². The third kappa shape index (κ3) is 6.70. The monoisotopic (exact) mass is 541 g/mol. The minimum absolute atomic E-state index is 0.0712. The molecule has 0 radical (unpaired) electrons. The molecule has 7 nitrogen and oxygen atoms in total. The van der Waals surface area contributed by atoms with E-state index in [4.69, 9.17) is 11.6 Å². The number of amides is 2. The lowest BCUT2D eigenvalue weighted by Gasteiger charge is -2.32. The van der Waals surface area contributed by atoms with Crippen molar-refractivity contribution in [3.8, 4) is 0 Å². The van der Waals surface area contributed by atoms with Crippen LogP contribution in [0.25, 0.3) is 0 Å². The number of benzene rings is 3. The van der Waals surface area contributed by atoms with E-state index in [1.807, 2.05) is 19.9 Å². The Labute approximate surface area is 224 Å². The molecular formula is C28H32ClN3O4S. The van der Waals surface area contributed by atoms with E-state index in [-0.39, 0.29) is 17.3 Å². The molecule has 1 N–H and O–H groups in total. The summed E-state index contributed by atoms with van der Waals surface area (Å²) in [5, 5.41) is 3.24. The highest BCUT2D eigenvalue weighted by atomic mass is 35.5. The van der Waals surface area contributed by atoms with E-state index in [0.717, 1.165) is 21.0 Å². The lowest BCUT2D eigenvalue weighted by Crippen LogP contribution is -2.51. The van der Waals surface area contributed by atoms with Gasteiger partial charge >= 0.3 is 0 Å². The van der Waals surface area contributed by atoms with Crippen molar-refractivity contribution < 1.29 is 18.0 Å². The number of carbonyl (C=O) groups is 2. The number of rotatable bonds is 10. The summed E-state index contributed by atoms with van der Waals surface area (Å²) in [4.78, 5) is 28.1. The molecule has 0 aliphatic carbocycles. The van der Waals surface area contributed by atoms with Crippen molar-refractivity contribution in [2.45, 2.75) is 45.2 Å². The molecule has 3 aromatic rings. The zero-order valence-electron chi connectivity index (χ0n) is 21.4. The average molecular weight is 542 g/mol. The van der Waals surface area contributed by atoms with Crippen LogP contribution >= 0.6 is 11.6 Å². The number of sulfonamides is 1. The number of nitrogens with zero attached hydrogens (tertiary/aromatic N) is 2. The molecule has 0 aliphatic heterocycles. The first-order chi connectivity index (χ1) is 17.6. The molecule has 0 heterocycles. The third-order valence-electron chi connectivity index (χ3n) is 6.22. The van der Waals surface area contributed by atoms with Crippen molar-refractivity contribution >= 4 is 39.1 Å². The van der Waals surface area contributed by atoms with Crippen LogP contribution in [0.4, 0.5) is 5.69 Å². The summed E-state index contributed by atoms with van der Waals surface area (Å²) in [6, 6.07) is 19.5. The highest BCUT2D eigenvalue weighted by Crippen LogP contribution is 2.29. The van der Waals surface area contributed by atoms with Crippen LogP contribution in [-0.4, -0.2) is 44.3 Å². The standard InChI is InChI=1S/C28H32ClN3O4S/c1-5-30-28(34)22(4)31(18-23-12-10-13-24(29)17-23)27(33)19-32(26-16-9-11-20(2)21(26)3)37(35,36)25-14-7-6-8-15-25/h6-17,22H,5,18-19H2,1-4H3,(H,30,34)/t22-/m0/s1. The minimum Gasteiger partial charge on any atom is -0.355 e. The van der Waals surface area contributed by atoms with E-state index >= 15 is 0 Å². The second-order valence-electron chi connectivity index (χ2n) is 8.77. The van der Waals surface area contributed by atoms with E-state index in [2.05, 4.69) is 5.32 Å². The Morgan fingerprint density at radius 3 is 2.30 bits per heavy atom. The topological polar surface area (TPSA) is 86.8 Å². The number of hydrogen-bond donors (Lipinski definition) is 1. The summed E-state index contributed by atoms with van der Waals surface area (Å²) >= 11 is 6.15. The van der Waals surface area contributed by atoms with Crippen molar-refractivity contribution in [1.29, 1.82) is 0 Å². The first-order valence-electron chi connectivity index (χ1n) is 12.0. The van der Waals surface area contributed by atoms with Crippen LogP contribution in [0.1, 0.15) is 30.5 Å². The van der Waals surface area contributed by atoms with Crippen LogP contribution < -0.4 is 9.62 Å². The minimum atomic E-state index is -4.09. The maximum atomic E-state index is 13.8. The van der Waals surface area contributed by atoms with E-state index in [1.54, 1.807) is 68.4 Å². The molecule has 196 valence electrons. The van der Waals surface area contributed by atoms with Gasteiger partial charge in [0.15, 0.2) is 0 Å². The van der Waals surface area contributed by atoms with E-state index in [9.17, 15) is 18.0 Å². The molecule has 9 heteroatoms. The SMILES string of the molecule is CCNC(=O)[C@H](C)N(Cc1cccc(Cl)c1)C(=O)CN(c1cccc(C)c1C)S(=O)(=O)c1ccccc1. The lowest BCUT2D eigenvalue weighted by molar-refractivity contribution is -0.139. The molecule has 0 aromatic heterocycles. The van der Waals surface area contributed by atoms with Crippen molar-refractivity contribution in [2.24, 2.45) is 0 Å². The molecule has 2 amide bonds. The molecule has 0 saturated carbocycles. The van der Waals surface area contributed by atoms with Gasteiger partial charge in [0, 0.05) is 18.1 Å². The first-order valence-corrected chi connectivity index (χ1v) is 13.8. The van der Waals surface area contributed by atoms with Gasteiger partial charge in [-0.05, 0) is 74.7 Å². The van der Waals surface area contributed by atoms with Gasteiger partial charge in [-0.25, -0.2) is 8.42 Å². The summed E-state index contributed by atoms with van der Waals surface area (Å²) in [6.45, 7) is 7.14. The number of likely N-dealkylation sites (N-methyl/N-ethyl adjacent to an activating group) is 1. The molecule has 0 aliphatic rings. The smallest absolute Gasteiger partial charge is 0.264 e. The molecule has 0 saturated heterocycles. The summed E-state index contributed by atoms with van der Waals surface area (Å²) in [5.74, 6) is -0.846. The Morgan fingerprint density at radius 1 is 0.973 bits per heavy atom. The molecule has 0 bridgehead atoms. The van der Waals surface area contributed by atoms with E-state index in [1.165, 1.54) is 17.0 Å². The van der Waals surface area contributed by atoms with Crippen LogP contribution in [0.2, 0.25) is 5.02 Å². The highest BCUT2D eigenvalue weighted by molar-refractivity contribution is 7.92. The highest BCUT2D eigenvalue weighted by Gasteiger charge is 2.33. The van der Waals surface area contributed by atoms with Crippen LogP contribution in [0.3, 0.4) is 0 Å². The van der Waals surface area contributed by atoms with Gasteiger partial charge in [0.25, 0.3) is 10.0 Å². The molecule has 3 rings (SSSR count). The Hall–Kier alpha value is -3.36. The van der Waals surface area contributed by atoms with Gasteiger partial charge in [0.05, 0.1) is 10.6 Å². The fourth-order valence-electron chi connectivity index (χ4n) is 3.98. The first kappa shape index (κ1) is 28.2. The summed E-state index contributed by atoms with van der Waals surface area (Å²) < 4.78 is 28.8. The van der Waals surface area contributed by atoms with Gasteiger partial charge in [0.1, 0.15) is 12.6 Å². The van der Waals surface area contributed by atoms with Crippen LogP contribution in [0, 0.1) is 13.8 Å². The van der Waals surface area contributed by atoms with Crippen molar-refractivity contribution in [3.05, 3.63) is 94.5 Å². The van der Waals surface area contributed by atoms with Gasteiger partial charge in [-0.15, -0.1) is 0 Å². The Bertz CT molecular complexity index is 1360. The summed E-state index contributed by atoms with van der Waals surface area (Å²) in [7, 11) is -4.09. The number of aryl methyl sites for hydroxylation is 1. The lowest BCUT2D eigenvalue weighted by atomic mass is 10.1. The number of hydrogen-bond acceptors (Lipinski definition) is 4. The Morgan fingerprint density at radius 2 is 1.65 bits per heavy atom. The van der Waals surface area contributed by atoms with E-state index in [0.29, 0.717) is 17.3 Å². The zero-order chi connectivity index (χ0) is 27.2. The second-order valence-corrected chi connectivity index (χ2v) is 11.1. The molecular weight excluding hydrogens is 510 g/mol. The molecule has 37 heavy (non-hydrogen) atoms. The summed E-state index contributed by atoms with van der Waals surface area (Å²) in [6.07, 6.45) is 0. The number of nitrogens with one attached hydrogen (secondary N) is 1. The Balaban J connectivity index is 2.07. The van der Waals surface area contributed by atoms with E-state index < -0.39 is 28.5 Å². The maximum absolute atomic E-state index is 13.8. The largest absolute Gasteiger partial charge is 0.355 e. The fraction of sp³-hybridized carbons (Fsp3) is 0.286. The van der Waals surface area contributed by atoms with Gasteiger partial charge in [-0.2, -0.15) is 0 Å². The van der Waals surface area contributed by atoms with Gasteiger partial charge in [-0.1, -0.05) is 54.1 Å². The number of carbonyl (C=O) groups excluding carboxylic acids is 2. The van der Waals surface area contributed by atoms with Crippen LogP contribution in [-0.2, 0) is 26.2 Å². The second kappa shape index (κ2) is 12.3. The fourth-order valence-corrected chi connectivity index (χ4v) is 5.68. The average Bonchev–Trinajstić information content (AvgIpc) is 2.88. The molecule has 0 unspecified atom stereocenters. The van der Waals surface area contributed by atoms with Crippen LogP contribution in [0.15, 0.2) is 77.7 Å². The predicted molar refractivity (Wildman–Crippen MR) is 147 cm³/mol. The van der Waals surface area contributed by atoms with Crippen molar-refractivity contribution in [2.75, 3.05) is 17.4 Å². The summed E-state index contributed by atoms with van der Waals surface area (Å²) in [5.41, 5.74) is 2.77.